The Bertz CT molecular complexity index is 877. The Morgan fingerprint density at radius 3 is 2.12 bits per heavy atom. The third-order valence-electron chi connectivity index (χ3n) is 4.85. The van der Waals surface area contributed by atoms with Crippen LogP contribution < -0.4 is 0 Å². The van der Waals surface area contributed by atoms with Gasteiger partial charge in [-0.3, -0.25) is 0 Å². The predicted octanol–water partition coefficient (Wildman–Crippen LogP) is 7.25. The van der Waals surface area contributed by atoms with Gasteiger partial charge in [0.25, 0.3) is 6.43 Å². The Labute approximate surface area is 145 Å². The first-order chi connectivity index (χ1) is 11.4. The summed E-state index contributed by atoms with van der Waals surface area (Å²) in [6, 6.07) is 11.8. The van der Waals surface area contributed by atoms with E-state index in [1.165, 1.54) is 11.1 Å². The molecule has 3 heteroatoms. The highest BCUT2D eigenvalue weighted by atomic mass is 32.1. The summed E-state index contributed by atoms with van der Waals surface area (Å²) in [5.41, 5.74) is 8.10. The number of hydrogen-bond acceptors (Lipinski definition) is 1. The molecule has 0 amide bonds. The molecule has 0 radical (unpaired) electrons. The molecule has 0 atom stereocenters. The van der Waals surface area contributed by atoms with Crippen molar-refractivity contribution in [1.29, 1.82) is 0 Å². The number of alkyl halides is 2. The smallest absolute Gasteiger partial charge is 0.204 e. The van der Waals surface area contributed by atoms with E-state index in [9.17, 15) is 8.78 Å². The summed E-state index contributed by atoms with van der Waals surface area (Å²) in [7, 11) is 0. The van der Waals surface area contributed by atoms with Crippen molar-refractivity contribution in [3.05, 3.63) is 68.9 Å². The van der Waals surface area contributed by atoms with Crippen LogP contribution in [-0.2, 0) is 0 Å². The molecule has 0 spiro atoms. The largest absolute Gasteiger partial charge is 0.273 e. The molecule has 0 aliphatic carbocycles. The van der Waals surface area contributed by atoms with Crippen molar-refractivity contribution in [1.82, 2.24) is 0 Å². The molecule has 3 aromatic rings. The van der Waals surface area contributed by atoms with E-state index in [2.05, 4.69) is 19.9 Å². The first-order valence-electron chi connectivity index (χ1n) is 7.94. The average Bonchev–Trinajstić information content (AvgIpc) is 3.02. The summed E-state index contributed by atoms with van der Waals surface area (Å²) in [6.45, 7) is 8.22. The van der Waals surface area contributed by atoms with Crippen LogP contribution in [0.4, 0.5) is 8.78 Å². The van der Waals surface area contributed by atoms with Crippen LogP contribution in [0.15, 0.2) is 41.8 Å². The number of thiophene rings is 1. The van der Waals surface area contributed by atoms with Crippen LogP contribution in [0.2, 0.25) is 0 Å². The van der Waals surface area contributed by atoms with Crippen molar-refractivity contribution in [3.63, 3.8) is 0 Å². The minimum atomic E-state index is -2.47. The predicted molar refractivity (Wildman–Crippen MR) is 99.1 cm³/mol. The SMILES string of the molecule is Cc1cc(-c2c(-c3ccccc3)csc2C(F)F)c(C)c(C)c1C. The van der Waals surface area contributed by atoms with Crippen LogP contribution in [0, 0.1) is 27.7 Å². The highest BCUT2D eigenvalue weighted by Crippen LogP contribution is 2.45. The van der Waals surface area contributed by atoms with Crippen LogP contribution in [0.3, 0.4) is 0 Å². The molecule has 0 unspecified atom stereocenters. The molecule has 1 heterocycles. The van der Waals surface area contributed by atoms with Crippen molar-refractivity contribution >= 4 is 11.3 Å². The molecule has 0 nitrogen and oxygen atoms in total. The summed E-state index contributed by atoms with van der Waals surface area (Å²) >= 11 is 1.15. The molecule has 0 saturated carbocycles. The Hall–Kier alpha value is -2.00. The first kappa shape index (κ1) is 16.8. The van der Waals surface area contributed by atoms with E-state index in [4.69, 9.17) is 0 Å². The average molecular weight is 342 g/mol. The van der Waals surface area contributed by atoms with Crippen LogP contribution in [0.1, 0.15) is 33.6 Å². The summed E-state index contributed by atoms with van der Waals surface area (Å²) < 4.78 is 27.3. The van der Waals surface area contributed by atoms with Gasteiger partial charge in [-0.15, -0.1) is 11.3 Å². The Balaban J connectivity index is 2.34. The topological polar surface area (TPSA) is 0 Å². The van der Waals surface area contributed by atoms with Crippen molar-refractivity contribution < 1.29 is 8.78 Å². The minimum Gasteiger partial charge on any atom is -0.204 e. The lowest BCUT2D eigenvalue weighted by Crippen LogP contribution is -1.97. The van der Waals surface area contributed by atoms with E-state index < -0.39 is 6.43 Å². The molecule has 0 aliphatic rings. The van der Waals surface area contributed by atoms with Crippen LogP contribution in [-0.4, -0.2) is 0 Å². The summed E-state index contributed by atoms with van der Waals surface area (Å²) in [6.07, 6.45) is -2.47. The monoisotopic (exact) mass is 342 g/mol. The molecule has 0 saturated heterocycles. The number of benzene rings is 2. The number of halogens is 2. The van der Waals surface area contributed by atoms with E-state index in [1.54, 1.807) is 0 Å². The van der Waals surface area contributed by atoms with Gasteiger partial charge in [-0.1, -0.05) is 36.4 Å². The molecule has 1 aromatic heterocycles. The molecular formula is C21H20F2S. The zero-order valence-corrected chi connectivity index (χ0v) is 15.1. The molecule has 0 N–H and O–H groups in total. The maximum Gasteiger partial charge on any atom is 0.273 e. The van der Waals surface area contributed by atoms with Crippen LogP contribution in [0.5, 0.6) is 0 Å². The van der Waals surface area contributed by atoms with Gasteiger partial charge in [-0.2, -0.15) is 0 Å². The standard InChI is InChI=1S/C21H20F2S/c1-12-10-17(15(4)14(3)13(12)2)19-18(11-24-20(19)21(22)23)16-8-6-5-7-9-16/h5-11,21H,1-4H3. The molecule has 0 aliphatic heterocycles. The van der Waals surface area contributed by atoms with E-state index in [1.807, 2.05) is 49.6 Å². The Morgan fingerprint density at radius 2 is 1.50 bits per heavy atom. The highest BCUT2D eigenvalue weighted by Gasteiger charge is 2.23. The van der Waals surface area contributed by atoms with Crippen molar-refractivity contribution in [2.24, 2.45) is 0 Å². The van der Waals surface area contributed by atoms with Crippen molar-refractivity contribution in [3.8, 4) is 22.3 Å². The summed E-state index contributed by atoms with van der Waals surface area (Å²) in [5, 5.41) is 1.86. The third-order valence-corrected chi connectivity index (χ3v) is 5.84. The van der Waals surface area contributed by atoms with Gasteiger partial charge in [-0.05, 0) is 66.5 Å². The zero-order chi connectivity index (χ0) is 17.4. The quantitative estimate of drug-likeness (QED) is 0.470. The zero-order valence-electron chi connectivity index (χ0n) is 14.3. The van der Waals surface area contributed by atoms with Crippen LogP contribution in [0.25, 0.3) is 22.3 Å². The Morgan fingerprint density at radius 1 is 0.833 bits per heavy atom. The minimum absolute atomic E-state index is 0.152. The van der Waals surface area contributed by atoms with E-state index in [0.29, 0.717) is 5.56 Å². The van der Waals surface area contributed by atoms with E-state index in [0.717, 1.165) is 39.2 Å². The maximum absolute atomic E-state index is 13.7. The second-order valence-corrected chi connectivity index (χ2v) is 7.08. The van der Waals surface area contributed by atoms with Crippen molar-refractivity contribution in [2.75, 3.05) is 0 Å². The molecule has 2 aromatic carbocycles. The summed E-state index contributed by atoms with van der Waals surface area (Å²) in [5.74, 6) is 0. The second kappa shape index (κ2) is 6.48. The lowest BCUT2D eigenvalue weighted by molar-refractivity contribution is 0.156. The number of aryl methyl sites for hydroxylation is 1. The maximum atomic E-state index is 13.7. The molecule has 0 fully saturated rings. The third kappa shape index (κ3) is 2.78. The number of rotatable bonds is 3. The summed E-state index contributed by atoms with van der Waals surface area (Å²) in [4.78, 5) is 0.152. The molecule has 24 heavy (non-hydrogen) atoms. The van der Waals surface area contributed by atoms with Crippen LogP contribution >= 0.6 is 11.3 Å². The normalized spacial score (nSPS) is 11.3. The fraction of sp³-hybridized carbons (Fsp3) is 0.238. The first-order valence-corrected chi connectivity index (χ1v) is 8.82. The van der Waals surface area contributed by atoms with Crippen molar-refractivity contribution in [2.45, 2.75) is 34.1 Å². The van der Waals surface area contributed by atoms with Gasteiger partial charge < -0.3 is 0 Å². The van der Waals surface area contributed by atoms with E-state index in [-0.39, 0.29) is 4.88 Å². The Kier molecular flexibility index (Phi) is 4.55. The number of hydrogen-bond donors (Lipinski definition) is 0. The van der Waals surface area contributed by atoms with Gasteiger partial charge in [0.05, 0.1) is 4.88 Å². The second-order valence-electron chi connectivity index (χ2n) is 6.17. The van der Waals surface area contributed by atoms with Gasteiger partial charge in [-0.25, -0.2) is 8.78 Å². The fourth-order valence-corrected chi connectivity index (χ4v) is 4.05. The molecule has 124 valence electrons. The molecular weight excluding hydrogens is 322 g/mol. The van der Waals surface area contributed by atoms with Gasteiger partial charge >= 0.3 is 0 Å². The molecule has 0 bridgehead atoms. The lowest BCUT2D eigenvalue weighted by Gasteiger charge is -2.17. The fourth-order valence-electron chi connectivity index (χ4n) is 3.11. The van der Waals surface area contributed by atoms with Gasteiger partial charge in [0.1, 0.15) is 0 Å². The lowest BCUT2D eigenvalue weighted by atomic mass is 9.88. The van der Waals surface area contributed by atoms with Gasteiger partial charge in [0, 0.05) is 11.1 Å². The van der Waals surface area contributed by atoms with Gasteiger partial charge in [0.15, 0.2) is 0 Å². The van der Waals surface area contributed by atoms with E-state index >= 15 is 0 Å². The highest BCUT2D eigenvalue weighted by molar-refractivity contribution is 7.11. The van der Waals surface area contributed by atoms with Gasteiger partial charge in [0.2, 0.25) is 0 Å². The molecule has 3 rings (SSSR count).